The first-order valence-corrected chi connectivity index (χ1v) is 7.25. The van der Waals surface area contributed by atoms with E-state index in [1.807, 2.05) is 20.8 Å². The van der Waals surface area contributed by atoms with Crippen molar-refractivity contribution in [2.45, 2.75) is 59.9 Å². The van der Waals surface area contributed by atoms with Crippen LogP contribution in [0.4, 0.5) is 0 Å². The molecule has 5 heteroatoms. The number of ether oxygens (including phenoxy) is 1. The van der Waals surface area contributed by atoms with Gasteiger partial charge in [-0.05, 0) is 39.0 Å². The summed E-state index contributed by atoms with van der Waals surface area (Å²) in [7, 11) is 0. The summed E-state index contributed by atoms with van der Waals surface area (Å²) in [6.45, 7) is 13.8. The van der Waals surface area contributed by atoms with Gasteiger partial charge in [-0.2, -0.15) is 0 Å². The molecule has 2 N–H and O–H groups in total. The first kappa shape index (κ1) is 18.9. The molecule has 0 bridgehead atoms. The summed E-state index contributed by atoms with van der Waals surface area (Å²) in [4.78, 5) is 23.5. The van der Waals surface area contributed by atoms with E-state index in [2.05, 4.69) is 31.4 Å². The van der Waals surface area contributed by atoms with Crippen molar-refractivity contribution in [3.63, 3.8) is 0 Å². The Morgan fingerprint density at radius 3 is 2.15 bits per heavy atom. The van der Waals surface area contributed by atoms with Gasteiger partial charge in [-0.25, -0.2) is 0 Å². The van der Waals surface area contributed by atoms with Crippen molar-refractivity contribution >= 4 is 11.8 Å². The fourth-order valence-corrected chi connectivity index (χ4v) is 2.33. The largest absolute Gasteiger partial charge is 0.382 e. The van der Waals surface area contributed by atoms with E-state index >= 15 is 0 Å². The molecule has 0 aromatic carbocycles. The van der Waals surface area contributed by atoms with Crippen molar-refractivity contribution < 1.29 is 14.3 Å². The molecular formula is C15H30N2O3. The maximum absolute atomic E-state index is 11.8. The summed E-state index contributed by atoms with van der Waals surface area (Å²) >= 11 is 0. The zero-order valence-corrected chi connectivity index (χ0v) is 13.8. The van der Waals surface area contributed by atoms with E-state index < -0.39 is 17.4 Å². The number of carbonyl (C=O) groups excluding carboxylic acids is 2. The van der Waals surface area contributed by atoms with Crippen molar-refractivity contribution in [1.82, 2.24) is 10.6 Å². The first-order chi connectivity index (χ1) is 9.07. The molecule has 0 saturated heterocycles. The third-order valence-corrected chi connectivity index (χ3v) is 2.59. The van der Waals surface area contributed by atoms with Crippen LogP contribution < -0.4 is 10.6 Å². The second-order valence-corrected chi connectivity index (χ2v) is 6.88. The van der Waals surface area contributed by atoms with Gasteiger partial charge in [0.2, 0.25) is 0 Å². The minimum Gasteiger partial charge on any atom is -0.382 e. The SMILES string of the molecule is CCOCCCNC(=O)C(=O)NC(C)(C)CC(C)(C)C. The minimum atomic E-state index is -0.580. The summed E-state index contributed by atoms with van der Waals surface area (Å²) in [6, 6.07) is 0. The smallest absolute Gasteiger partial charge is 0.309 e. The quantitative estimate of drug-likeness (QED) is 0.554. The molecule has 0 aromatic heterocycles. The molecule has 20 heavy (non-hydrogen) atoms. The van der Waals surface area contributed by atoms with Gasteiger partial charge in [-0.15, -0.1) is 0 Å². The molecule has 0 aliphatic heterocycles. The zero-order chi connectivity index (χ0) is 15.8. The van der Waals surface area contributed by atoms with E-state index in [1.165, 1.54) is 0 Å². The van der Waals surface area contributed by atoms with Gasteiger partial charge >= 0.3 is 11.8 Å². The molecular weight excluding hydrogens is 256 g/mol. The molecule has 0 fully saturated rings. The van der Waals surface area contributed by atoms with Gasteiger partial charge in [0, 0.05) is 25.3 Å². The summed E-state index contributed by atoms with van der Waals surface area (Å²) in [6.07, 6.45) is 1.50. The van der Waals surface area contributed by atoms with Crippen LogP contribution in [0.25, 0.3) is 0 Å². The minimum absolute atomic E-state index is 0.0880. The molecule has 5 nitrogen and oxygen atoms in total. The molecule has 2 amide bonds. The Balaban J connectivity index is 4.09. The molecule has 0 radical (unpaired) electrons. The maximum atomic E-state index is 11.8. The van der Waals surface area contributed by atoms with Crippen LogP contribution in [-0.4, -0.2) is 37.1 Å². The number of nitrogens with one attached hydrogen (secondary N) is 2. The highest BCUT2D eigenvalue weighted by Crippen LogP contribution is 2.26. The third kappa shape index (κ3) is 9.78. The molecule has 0 aromatic rings. The van der Waals surface area contributed by atoms with E-state index in [4.69, 9.17) is 4.74 Å². The van der Waals surface area contributed by atoms with Gasteiger partial charge < -0.3 is 15.4 Å². The normalized spacial score (nSPS) is 12.1. The van der Waals surface area contributed by atoms with Gasteiger partial charge in [0.05, 0.1) is 0 Å². The fraction of sp³-hybridized carbons (Fsp3) is 0.867. The lowest BCUT2D eigenvalue weighted by Gasteiger charge is -2.33. The molecule has 0 heterocycles. The summed E-state index contributed by atoms with van der Waals surface area (Å²) in [5, 5.41) is 5.38. The van der Waals surface area contributed by atoms with Crippen molar-refractivity contribution in [2.75, 3.05) is 19.8 Å². The number of amides is 2. The Morgan fingerprint density at radius 1 is 1.05 bits per heavy atom. The third-order valence-electron chi connectivity index (χ3n) is 2.59. The Labute approximate surface area is 122 Å². The lowest BCUT2D eigenvalue weighted by Crippen LogP contribution is -2.51. The number of rotatable bonds is 7. The van der Waals surface area contributed by atoms with Crippen LogP contribution in [0.3, 0.4) is 0 Å². The van der Waals surface area contributed by atoms with Crippen LogP contribution >= 0.6 is 0 Å². The lowest BCUT2D eigenvalue weighted by molar-refractivity contribution is -0.140. The highest BCUT2D eigenvalue weighted by atomic mass is 16.5. The predicted molar refractivity (Wildman–Crippen MR) is 80.4 cm³/mol. The van der Waals surface area contributed by atoms with E-state index in [1.54, 1.807) is 0 Å². The van der Waals surface area contributed by atoms with Crippen LogP contribution in [0.2, 0.25) is 0 Å². The van der Waals surface area contributed by atoms with Crippen LogP contribution in [0.5, 0.6) is 0 Å². The number of hydrogen-bond donors (Lipinski definition) is 2. The monoisotopic (exact) mass is 286 g/mol. The Morgan fingerprint density at radius 2 is 1.65 bits per heavy atom. The summed E-state index contributed by atoms with van der Waals surface area (Å²) < 4.78 is 5.16. The van der Waals surface area contributed by atoms with E-state index in [-0.39, 0.29) is 5.41 Å². The van der Waals surface area contributed by atoms with Crippen LogP contribution in [0.1, 0.15) is 54.4 Å². The van der Waals surface area contributed by atoms with Crippen molar-refractivity contribution in [3.8, 4) is 0 Å². The second kappa shape index (κ2) is 8.25. The van der Waals surface area contributed by atoms with Gasteiger partial charge in [0.15, 0.2) is 0 Å². The van der Waals surface area contributed by atoms with Gasteiger partial charge in [-0.1, -0.05) is 20.8 Å². The summed E-state index contributed by atoms with van der Waals surface area (Å²) in [5.41, 5.74) is -0.317. The van der Waals surface area contributed by atoms with Gasteiger partial charge in [-0.3, -0.25) is 9.59 Å². The zero-order valence-electron chi connectivity index (χ0n) is 13.8. The molecule has 0 aliphatic carbocycles. The first-order valence-electron chi connectivity index (χ1n) is 7.25. The van der Waals surface area contributed by atoms with Crippen molar-refractivity contribution in [2.24, 2.45) is 5.41 Å². The molecule has 0 saturated carbocycles. The van der Waals surface area contributed by atoms with Crippen molar-refractivity contribution in [3.05, 3.63) is 0 Å². The topological polar surface area (TPSA) is 67.4 Å². The van der Waals surface area contributed by atoms with Crippen LogP contribution in [-0.2, 0) is 14.3 Å². The molecule has 0 unspecified atom stereocenters. The lowest BCUT2D eigenvalue weighted by atomic mass is 9.82. The number of carbonyl (C=O) groups is 2. The average Bonchev–Trinajstić information content (AvgIpc) is 2.24. The van der Waals surface area contributed by atoms with Gasteiger partial charge in [0.1, 0.15) is 0 Å². The van der Waals surface area contributed by atoms with Gasteiger partial charge in [0.25, 0.3) is 0 Å². The summed E-state index contributed by atoms with van der Waals surface area (Å²) in [5.74, 6) is -1.15. The Hall–Kier alpha value is -1.10. The molecule has 0 spiro atoms. The van der Waals surface area contributed by atoms with Crippen LogP contribution in [0.15, 0.2) is 0 Å². The highest BCUT2D eigenvalue weighted by molar-refractivity contribution is 6.35. The van der Waals surface area contributed by atoms with E-state index in [0.717, 1.165) is 6.42 Å². The average molecular weight is 286 g/mol. The maximum Gasteiger partial charge on any atom is 0.309 e. The second-order valence-electron chi connectivity index (χ2n) is 6.88. The molecule has 0 rings (SSSR count). The van der Waals surface area contributed by atoms with E-state index in [0.29, 0.717) is 26.2 Å². The molecule has 0 aliphatic rings. The Bertz CT molecular complexity index is 320. The van der Waals surface area contributed by atoms with Crippen molar-refractivity contribution in [1.29, 1.82) is 0 Å². The standard InChI is InChI=1S/C15H30N2O3/c1-7-20-10-8-9-16-12(18)13(19)17-15(5,6)11-14(2,3)4/h7-11H2,1-6H3,(H,16,18)(H,17,19). The van der Waals surface area contributed by atoms with E-state index in [9.17, 15) is 9.59 Å². The molecule has 118 valence electrons. The highest BCUT2D eigenvalue weighted by Gasteiger charge is 2.28. The molecule has 0 atom stereocenters. The number of hydrogen-bond acceptors (Lipinski definition) is 3. The van der Waals surface area contributed by atoms with Crippen LogP contribution in [0, 0.1) is 5.41 Å². The predicted octanol–water partition coefficient (Wildman–Crippen LogP) is 1.86. The Kier molecular flexibility index (Phi) is 7.79. The fourth-order valence-electron chi connectivity index (χ4n) is 2.33.